The predicted molar refractivity (Wildman–Crippen MR) is 72.8 cm³/mol. The molecule has 1 aliphatic heterocycles. The second-order valence-electron chi connectivity index (χ2n) is 4.76. The number of benzene rings is 1. The first-order chi connectivity index (χ1) is 8.76. The van der Waals surface area contributed by atoms with E-state index in [1.54, 1.807) is 7.11 Å². The molecule has 3 rings (SSSR count). The third-order valence-electron chi connectivity index (χ3n) is 3.57. The summed E-state index contributed by atoms with van der Waals surface area (Å²) in [5.41, 5.74) is 8.49. The van der Waals surface area contributed by atoms with Crippen LogP contribution in [-0.2, 0) is 4.74 Å². The molecule has 1 aliphatic rings. The highest BCUT2D eigenvalue weighted by atomic mass is 16.5. The fraction of sp³-hybridized carbons (Fsp3) is 0.462. The number of nitrogens with zero attached hydrogens (tertiary/aromatic N) is 2. The molecule has 0 atom stereocenters. The Bertz CT molecular complexity index is 543. The smallest absolute Gasteiger partial charge is 0.203 e. The van der Waals surface area contributed by atoms with E-state index in [1.807, 2.05) is 18.2 Å². The van der Waals surface area contributed by atoms with Crippen molar-refractivity contribution in [2.24, 2.45) is 0 Å². The number of methoxy groups -OCH3 is 1. The lowest BCUT2D eigenvalue weighted by atomic mass is 10.1. The SMILES string of the molecule is COC1CCN(c2nc3ccc(N)cc3[nH]2)CC1. The normalized spacial score (nSPS) is 17.5. The molecule has 0 unspecified atom stereocenters. The minimum atomic E-state index is 0.390. The summed E-state index contributed by atoms with van der Waals surface area (Å²) in [5, 5.41) is 0. The van der Waals surface area contributed by atoms with E-state index in [9.17, 15) is 0 Å². The van der Waals surface area contributed by atoms with Gasteiger partial charge >= 0.3 is 0 Å². The summed E-state index contributed by atoms with van der Waals surface area (Å²) in [5.74, 6) is 0.935. The largest absolute Gasteiger partial charge is 0.399 e. The third-order valence-corrected chi connectivity index (χ3v) is 3.57. The van der Waals surface area contributed by atoms with Crippen LogP contribution in [-0.4, -0.2) is 36.3 Å². The minimum Gasteiger partial charge on any atom is -0.399 e. The van der Waals surface area contributed by atoms with Crippen LogP contribution in [0.25, 0.3) is 11.0 Å². The van der Waals surface area contributed by atoms with E-state index in [4.69, 9.17) is 10.5 Å². The zero-order chi connectivity index (χ0) is 12.5. The lowest BCUT2D eigenvalue weighted by molar-refractivity contribution is 0.0817. The second-order valence-corrected chi connectivity index (χ2v) is 4.76. The molecular weight excluding hydrogens is 228 g/mol. The quantitative estimate of drug-likeness (QED) is 0.792. The number of ether oxygens (including phenoxy) is 1. The monoisotopic (exact) mass is 246 g/mol. The molecule has 1 aromatic heterocycles. The van der Waals surface area contributed by atoms with Crippen LogP contribution in [0, 0.1) is 0 Å². The number of hydrogen-bond donors (Lipinski definition) is 2. The number of aromatic nitrogens is 2. The van der Waals surface area contributed by atoms with Gasteiger partial charge in [0.2, 0.25) is 5.95 Å². The Hall–Kier alpha value is -1.75. The Morgan fingerprint density at radius 3 is 2.89 bits per heavy atom. The maximum Gasteiger partial charge on any atom is 0.203 e. The summed E-state index contributed by atoms with van der Waals surface area (Å²) < 4.78 is 5.38. The molecule has 1 aromatic carbocycles. The van der Waals surface area contributed by atoms with Gasteiger partial charge in [-0.2, -0.15) is 0 Å². The number of piperidine rings is 1. The van der Waals surface area contributed by atoms with E-state index in [2.05, 4.69) is 14.9 Å². The molecular formula is C13H18N4O. The molecule has 5 heteroatoms. The van der Waals surface area contributed by atoms with Crippen molar-refractivity contribution in [2.75, 3.05) is 30.8 Å². The van der Waals surface area contributed by atoms with Gasteiger partial charge in [0.25, 0.3) is 0 Å². The van der Waals surface area contributed by atoms with Crippen molar-refractivity contribution >= 4 is 22.7 Å². The van der Waals surface area contributed by atoms with E-state index in [1.165, 1.54) is 0 Å². The highest BCUT2D eigenvalue weighted by molar-refractivity contribution is 5.80. The Balaban J connectivity index is 1.82. The van der Waals surface area contributed by atoms with Crippen molar-refractivity contribution < 1.29 is 4.74 Å². The molecule has 0 saturated carbocycles. The summed E-state index contributed by atoms with van der Waals surface area (Å²) >= 11 is 0. The van der Waals surface area contributed by atoms with Gasteiger partial charge in [0.15, 0.2) is 0 Å². The fourth-order valence-electron chi connectivity index (χ4n) is 2.47. The van der Waals surface area contributed by atoms with Crippen molar-refractivity contribution in [1.29, 1.82) is 0 Å². The van der Waals surface area contributed by atoms with Crippen molar-refractivity contribution in [3.8, 4) is 0 Å². The maximum absolute atomic E-state index is 5.77. The van der Waals surface area contributed by atoms with Crippen molar-refractivity contribution in [3.05, 3.63) is 18.2 Å². The van der Waals surface area contributed by atoms with E-state index < -0.39 is 0 Å². The van der Waals surface area contributed by atoms with Crippen LogP contribution in [0.4, 0.5) is 11.6 Å². The van der Waals surface area contributed by atoms with Crippen molar-refractivity contribution in [1.82, 2.24) is 9.97 Å². The number of H-pyrrole nitrogens is 1. The van der Waals surface area contributed by atoms with Gasteiger partial charge in [0, 0.05) is 25.9 Å². The van der Waals surface area contributed by atoms with Crippen LogP contribution in [0.1, 0.15) is 12.8 Å². The molecule has 2 heterocycles. The zero-order valence-corrected chi connectivity index (χ0v) is 10.5. The van der Waals surface area contributed by atoms with Crippen LogP contribution >= 0.6 is 0 Å². The number of nitrogen functional groups attached to an aromatic ring is 1. The van der Waals surface area contributed by atoms with Gasteiger partial charge in [0.1, 0.15) is 0 Å². The van der Waals surface area contributed by atoms with Crippen molar-refractivity contribution in [3.63, 3.8) is 0 Å². The van der Waals surface area contributed by atoms with E-state index in [-0.39, 0.29) is 0 Å². The molecule has 0 amide bonds. The first-order valence-electron chi connectivity index (χ1n) is 6.29. The molecule has 2 aromatic rings. The number of hydrogen-bond acceptors (Lipinski definition) is 4. The predicted octanol–water partition coefficient (Wildman–Crippen LogP) is 1.76. The first kappa shape index (κ1) is 11.3. The lowest BCUT2D eigenvalue weighted by Crippen LogP contribution is -2.37. The number of aromatic amines is 1. The van der Waals surface area contributed by atoms with Gasteiger partial charge < -0.3 is 20.4 Å². The van der Waals surface area contributed by atoms with Gasteiger partial charge in [0.05, 0.1) is 17.1 Å². The molecule has 18 heavy (non-hydrogen) atoms. The Morgan fingerprint density at radius 1 is 1.39 bits per heavy atom. The number of fused-ring (bicyclic) bond motifs is 1. The molecule has 96 valence electrons. The molecule has 0 aliphatic carbocycles. The minimum absolute atomic E-state index is 0.390. The van der Waals surface area contributed by atoms with Gasteiger partial charge in [-0.1, -0.05) is 0 Å². The number of nitrogens with two attached hydrogens (primary N) is 1. The molecule has 0 radical (unpaired) electrons. The van der Waals surface area contributed by atoms with Crippen LogP contribution in [0.2, 0.25) is 0 Å². The van der Waals surface area contributed by atoms with Crippen molar-refractivity contribution in [2.45, 2.75) is 18.9 Å². The third kappa shape index (κ3) is 2.01. The Morgan fingerprint density at radius 2 is 2.17 bits per heavy atom. The highest BCUT2D eigenvalue weighted by Crippen LogP contribution is 2.22. The number of imidazole rings is 1. The maximum atomic E-state index is 5.77. The fourth-order valence-corrected chi connectivity index (χ4v) is 2.47. The van der Waals surface area contributed by atoms with E-state index in [0.29, 0.717) is 6.10 Å². The lowest BCUT2D eigenvalue weighted by Gasteiger charge is -2.30. The summed E-state index contributed by atoms with van der Waals surface area (Å²) in [6, 6.07) is 5.75. The van der Waals surface area contributed by atoms with Crippen LogP contribution in [0.3, 0.4) is 0 Å². The van der Waals surface area contributed by atoms with Gasteiger partial charge in [-0.3, -0.25) is 0 Å². The highest BCUT2D eigenvalue weighted by Gasteiger charge is 2.20. The molecule has 1 fully saturated rings. The average Bonchev–Trinajstić information content (AvgIpc) is 2.81. The number of anilines is 2. The summed E-state index contributed by atoms with van der Waals surface area (Å²) in [7, 11) is 1.78. The standard InChI is InChI=1S/C13H18N4O/c1-18-10-4-6-17(7-5-10)13-15-11-3-2-9(14)8-12(11)16-13/h2-3,8,10H,4-7,14H2,1H3,(H,15,16). The van der Waals surface area contributed by atoms with Gasteiger partial charge in [-0.15, -0.1) is 0 Å². The topological polar surface area (TPSA) is 67.2 Å². The van der Waals surface area contributed by atoms with Gasteiger partial charge in [-0.25, -0.2) is 4.98 Å². The van der Waals surface area contributed by atoms with E-state index in [0.717, 1.165) is 48.6 Å². The number of nitrogens with one attached hydrogen (secondary N) is 1. The Labute approximate surface area is 106 Å². The molecule has 0 spiro atoms. The van der Waals surface area contributed by atoms with Crippen LogP contribution < -0.4 is 10.6 Å². The average molecular weight is 246 g/mol. The van der Waals surface area contributed by atoms with Crippen LogP contribution in [0.15, 0.2) is 18.2 Å². The molecule has 3 N–H and O–H groups in total. The molecule has 1 saturated heterocycles. The van der Waals surface area contributed by atoms with Gasteiger partial charge in [-0.05, 0) is 31.0 Å². The zero-order valence-electron chi connectivity index (χ0n) is 10.5. The first-order valence-corrected chi connectivity index (χ1v) is 6.29. The summed E-state index contributed by atoms with van der Waals surface area (Å²) in [4.78, 5) is 10.2. The van der Waals surface area contributed by atoms with E-state index >= 15 is 0 Å². The molecule has 0 bridgehead atoms. The van der Waals surface area contributed by atoms with Crippen LogP contribution in [0.5, 0.6) is 0 Å². The summed E-state index contributed by atoms with van der Waals surface area (Å²) in [6.45, 7) is 1.96. The second kappa shape index (κ2) is 4.49. The summed E-state index contributed by atoms with van der Waals surface area (Å²) in [6.07, 6.45) is 2.49. The Kier molecular flexibility index (Phi) is 2.83. The molecule has 5 nitrogen and oxygen atoms in total. The number of rotatable bonds is 2.